The van der Waals surface area contributed by atoms with E-state index in [1.165, 1.54) is 123 Å². The number of carboxylic acid groups (broad SMARTS) is 2. The van der Waals surface area contributed by atoms with E-state index < -0.39 is 56.3 Å². The molecule has 18 nitrogen and oxygen atoms in total. The molecule has 0 radical (unpaired) electrons. The number of benzene rings is 4. The molecule has 0 saturated carbocycles. The van der Waals surface area contributed by atoms with Gasteiger partial charge in [-0.25, -0.2) is 19.2 Å². The van der Waals surface area contributed by atoms with Crippen molar-refractivity contribution in [2.24, 2.45) is 0 Å². The van der Waals surface area contributed by atoms with Gasteiger partial charge in [-0.2, -0.15) is 43.8 Å². The van der Waals surface area contributed by atoms with E-state index in [2.05, 4.69) is 77.9 Å². The first-order valence-corrected chi connectivity index (χ1v) is 27.1. The first-order chi connectivity index (χ1) is 34.9. The number of aromatic nitrogens is 2. The first-order valence-electron chi connectivity index (χ1n) is 22.6. The normalized spacial score (nSPS) is 15.7. The number of carbonyl (C=O) groups is 4. The summed E-state index contributed by atoms with van der Waals surface area (Å²) in [5.74, 6) is -5.63. The second-order valence-electron chi connectivity index (χ2n) is 16.8. The van der Waals surface area contributed by atoms with Crippen molar-refractivity contribution in [3.8, 4) is 0 Å². The summed E-state index contributed by atoms with van der Waals surface area (Å²) in [7, 11) is -3.68. The van der Waals surface area contributed by atoms with Gasteiger partial charge in [0.05, 0.1) is 20.9 Å². The number of likely N-dealkylation sites (tertiary alicyclic amines) is 2. The van der Waals surface area contributed by atoms with Gasteiger partial charge in [0.2, 0.25) is 12.2 Å². The maximum absolute atomic E-state index is 12.0. The van der Waals surface area contributed by atoms with Gasteiger partial charge in [0.15, 0.2) is 0 Å². The molecule has 2 aromatic heterocycles. The van der Waals surface area contributed by atoms with Gasteiger partial charge < -0.3 is 19.7 Å². The second kappa shape index (κ2) is 32.3. The Bertz CT molecular complexity index is 2820. The molecule has 0 unspecified atom stereocenters. The van der Waals surface area contributed by atoms with Crippen LogP contribution in [0.15, 0.2) is 165 Å². The van der Waals surface area contributed by atoms with Crippen molar-refractivity contribution in [1.29, 1.82) is 0 Å². The minimum absolute atomic E-state index is 0. The third kappa shape index (κ3) is 22.2. The van der Waals surface area contributed by atoms with Crippen LogP contribution in [0.5, 0.6) is 0 Å². The molecule has 4 N–H and O–H groups in total. The van der Waals surface area contributed by atoms with Gasteiger partial charge in [-0.15, -0.1) is 0 Å². The molecule has 6 aromatic rings. The molecule has 2 aliphatic rings. The molecule has 410 valence electrons. The zero-order valence-corrected chi connectivity index (χ0v) is 48.4. The molecule has 24 heteroatoms. The lowest BCUT2D eigenvalue weighted by atomic mass is 10.1. The average molecular weight is 1250 g/mol. The van der Waals surface area contributed by atoms with Crippen molar-refractivity contribution in [3.63, 3.8) is 0 Å². The number of rotatable bonds is 11. The van der Waals surface area contributed by atoms with E-state index in [9.17, 15) is 46.2 Å². The van der Waals surface area contributed by atoms with Gasteiger partial charge in [-0.3, -0.25) is 28.9 Å². The average Bonchev–Trinajstić information content (AvgIpc) is 4.00. The molecule has 8 rings (SSSR count). The number of aryl methyl sites for hydroxylation is 2. The highest BCUT2D eigenvalue weighted by atomic mass is 79.9. The Morgan fingerprint density at radius 1 is 0.553 bits per heavy atom. The molecular weight excluding hydrogens is 1190 g/mol. The Labute approximate surface area is 473 Å². The van der Waals surface area contributed by atoms with E-state index in [-0.39, 0.29) is 47.9 Å². The van der Waals surface area contributed by atoms with E-state index in [1.54, 1.807) is 36.4 Å². The molecule has 4 aromatic carbocycles. The second-order valence-corrected chi connectivity index (χ2v) is 21.5. The minimum atomic E-state index is -4.02. The van der Waals surface area contributed by atoms with Crippen LogP contribution < -0.4 is 0 Å². The molecule has 2 aliphatic heterocycles. The number of hydrogen-bond acceptors (Lipinski definition) is 14. The van der Waals surface area contributed by atoms with Crippen molar-refractivity contribution < 1.29 is 64.8 Å². The van der Waals surface area contributed by atoms with E-state index in [4.69, 9.17) is 18.6 Å². The Morgan fingerprint density at radius 2 is 0.868 bits per heavy atom. The van der Waals surface area contributed by atoms with E-state index >= 15 is 0 Å². The highest BCUT2D eigenvalue weighted by Gasteiger charge is 2.41. The molecule has 4 atom stereocenters. The van der Waals surface area contributed by atoms with Gasteiger partial charge in [0.25, 0.3) is 20.2 Å². The van der Waals surface area contributed by atoms with Gasteiger partial charge in [-0.1, -0.05) is 71.8 Å². The quantitative estimate of drug-likeness (QED) is 0.0694. The lowest BCUT2D eigenvalue weighted by Crippen LogP contribution is -2.45. The molecule has 76 heavy (non-hydrogen) atoms. The van der Waals surface area contributed by atoms with Gasteiger partial charge in [0.1, 0.15) is 0 Å². The van der Waals surface area contributed by atoms with Crippen molar-refractivity contribution in [2.45, 2.75) is 73.6 Å². The summed E-state index contributed by atoms with van der Waals surface area (Å²) in [5.41, 5.74) is 4.62. The maximum atomic E-state index is 12.0. The number of pyridine rings is 2. The van der Waals surface area contributed by atoms with Crippen molar-refractivity contribution >= 4 is 103 Å². The number of halogens is 2. The van der Waals surface area contributed by atoms with Crippen LogP contribution in [0, 0.1) is 13.8 Å². The topological polar surface area (TPSA) is 268 Å². The van der Waals surface area contributed by atoms with Crippen molar-refractivity contribution in [2.75, 3.05) is 27.2 Å². The summed E-state index contributed by atoms with van der Waals surface area (Å²) >= 11 is 6.90. The number of ether oxygens (including phenoxy) is 2. The van der Waals surface area contributed by atoms with Crippen LogP contribution in [0.4, 0.5) is 0 Å². The fourth-order valence-electron chi connectivity index (χ4n) is 7.30. The van der Waals surface area contributed by atoms with Crippen LogP contribution in [-0.4, -0.2) is 119 Å². The molecule has 0 spiro atoms. The Balaban J connectivity index is 0.000000340. The Morgan fingerprint density at radius 3 is 1.12 bits per heavy atom. The first kappa shape index (κ1) is 66.6. The molecule has 0 bridgehead atoms. The van der Waals surface area contributed by atoms with E-state index in [0.29, 0.717) is 12.1 Å². The molecule has 2 saturated heterocycles. The SMILES string of the molecule is CN1CCC[C@H]1c1cncc(Br)c1.CN1CCC[C@H]1c1cncc(Br)c1.Cc1ccc(S(=O)(=O)O)cc1.Cc1ccc(S(=O)(=O)O)cc1.O=C(O[C@@H](C(=O)O)[C@@H](OC(=O)c1ccccc1)C(=O)O)c1ccccc1.S.S. The largest absolute Gasteiger partial charge is 0.478 e. The number of carbonyl (C=O) groups excluding carboxylic acids is 2. The highest BCUT2D eigenvalue weighted by molar-refractivity contribution is 9.10. The number of nitrogens with zero attached hydrogens (tertiary/aromatic N) is 4. The molecular formula is C52H60Br2N4O14S4. The number of aliphatic carboxylic acids is 2. The fraction of sp³-hybridized carbons (Fsp3) is 0.269. The third-order valence-corrected chi connectivity index (χ3v) is 13.8. The number of hydrogen-bond donors (Lipinski definition) is 4. The molecule has 4 heterocycles. The van der Waals surface area contributed by atoms with E-state index in [0.717, 1.165) is 20.1 Å². The summed E-state index contributed by atoms with van der Waals surface area (Å²) in [5, 5.41) is 18.5. The smallest absolute Gasteiger partial charge is 0.349 e. The van der Waals surface area contributed by atoms with Crippen molar-refractivity contribution in [3.05, 3.63) is 188 Å². The van der Waals surface area contributed by atoms with Gasteiger partial charge in [-0.05, 0) is 170 Å². The predicted octanol–water partition coefficient (Wildman–Crippen LogP) is 9.54. The predicted molar refractivity (Wildman–Crippen MR) is 302 cm³/mol. The highest BCUT2D eigenvalue weighted by Crippen LogP contribution is 2.32. The zero-order valence-electron chi connectivity index (χ0n) is 41.6. The van der Waals surface area contributed by atoms with Gasteiger partial charge >= 0.3 is 23.9 Å². The Hall–Kier alpha value is -5.54. The van der Waals surface area contributed by atoms with Crippen molar-refractivity contribution in [1.82, 2.24) is 19.8 Å². The van der Waals surface area contributed by atoms with Crippen LogP contribution in [-0.2, 0) is 39.3 Å². The Kier molecular flexibility index (Phi) is 28.3. The molecule has 2 fully saturated rings. The zero-order chi connectivity index (χ0) is 54.6. The van der Waals surface area contributed by atoms with Crippen LogP contribution >= 0.6 is 58.9 Å². The van der Waals surface area contributed by atoms with Crippen LogP contribution in [0.25, 0.3) is 0 Å². The monoisotopic (exact) mass is 1250 g/mol. The third-order valence-electron chi connectivity index (χ3n) is 11.1. The lowest BCUT2D eigenvalue weighted by molar-refractivity contribution is -0.166. The minimum Gasteiger partial charge on any atom is -0.478 e. The summed E-state index contributed by atoms with van der Waals surface area (Å²) in [4.78, 5) is 59.9. The standard InChI is InChI=1S/C18H14O8.2C10H13BrN2.2C7H8O3S.2H2S/c19-15(20)13(25-17(23)11-7-3-1-4-8-11)14(16(21)22)26-18(24)12-9-5-2-6-10-12;2*1-13-4-2-3-10(13)8-5-9(11)7-12-6-8;2*1-6-2-4-7(5-3-6)11(8,9)10;;/h1-10,13-14H,(H,19,20)(H,21,22);2*5-7,10H,2-4H2,1H3;2*2-5H,1H3,(H,8,9,10);2*1H2/t13-,14-;2*10-;;;;/m100..../s1. The summed E-state index contributed by atoms with van der Waals surface area (Å²) in [6, 6.07) is 32.3. The van der Waals surface area contributed by atoms with Crippen LogP contribution in [0.2, 0.25) is 0 Å². The van der Waals surface area contributed by atoms with Gasteiger partial charge in [0, 0.05) is 45.8 Å². The fourth-order valence-corrected chi connectivity index (χ4v) is 9.03. The number of esters is 2. The maximum Gasteiger partial charge on any atom is 0.349 e. The van der Waals surface area contributed by atoms with Crippen LogP contribution in [0.1, 0.15) is 80.7 Å². The summed E-state index contributed by atoms with van der Waals surface area (Å²) in [6.07, 6.45) is 8.29. The number of carboxylic acids is 2. The molecule has 0 aliphatic carbocycles. The lowest BCUT2D eigenvalue weighted by Gasteiger charge is -2.21. The summed E-state index contributed by atoms with van der Waals surface area (Å²) < 4.78 is 70.8. The van der Waals surface area contributed by atoms with Crippen LogP contribution in [0.3, 0.4) is 0 Å². The summed E-state index contributed by atoms with van der Waals surface area (Å²) in [6.45, 7) is 6.09. The van der Waals surface area contributed by atoms with E-state index in [1.807, 2.05) is 38.6 Å². The molecule has 0 amide bonds.